The van der Waals surface area contributed by atoms with Gasteiger partial charge < -0.3 is 9.80 Å². The number of carbonyl (C=O) groups is 1. The second-order valence-corrected chi connectivity index (χ2v) is 5.81. The van der Waals surface area contributed by atoms with Crippen LogP contribution in [0, 0.1) is 0 Å². The fourth-order valence-electron chi connectivity index (χ4n) is 3.14. The van der Waals surface area contributed by atoms with E-state index in [2.05, 4.69) is 9.97 Å². The molecular formula is C14H19FN4O. The number of hydrogen-bond donors (Lipinski definition) is 0. The lowest BCUT2D eigenvalue weighted by molar-refractivity contribution is -0.139. The molecule has 5 nitrogen and oxygen atoms in total. The molecule has 0 N–H and O–H groups in total. The normalized spacial score (nSPS) is 24.9. The second-order valence-electron chi connectivity index (χ2n) is 5.81. The first-order valence-electron chi connectivity index (χ1n) is 7.00. The van der Waals surface area contributed by atoms with Crippen molar-refractivity contribution < 1.29 is 9.18 Å². The van der Waals surface area contributed by atoms with Crippen molar-refractivity contribution in [1.29, 1.82) is 0 Å². The molecular weight excluding hydrogens is 259 g/mol. The SMILES string of the molecule is CN(C)C(=O)C1(F)CCN(c2ncnc3c2CCC3)C1. The Bertz CT molecular complexity index is 548. The third-order valence-electron chi connectivity index (χ3n) is 4.16. The first-order chi connectivity index (χ1) is 9.51. The van der Waals surface area contributed by atoms with Gasteiger partial charge in [-0.1, -0.05) is 0 Å². The van der Waals surface area contributed by atoms with E-state index >= 15 is 0 Å². The van der Waals surface area contributed by atoms with E-state index in [0.717, 1.165) is 36.3 Å². The Morgan fingerprint density at radius 3 is 2.95 bits per heavy atom. The van der Waals surface area contributed by atoms with E-state index in [1.807, 2.05) is 4.90 Å². The maximum atomic E-state index is 14.8. The number of carbonyl (C=O) groups excluding carboxylic acids is 1. The van der Waals surface area contributed by atoms with E-state index in [1.54, 1.807) is 20.4 Å². The van der Waals surface area contributed by atoms with Gasteiger partial charge in [-0.25, -0.2) is 14.4 Å². The monoisotopic (exact) mass is 278 g/mol. The molecule has 1 saturated heterocycles. The fraction of sp³-hybridized carbons (Fsp3) is 0.643. The minimum atomic E-state index is -1.79. The topological polar surface area (TPSA) is 49.3 Å². The van der Waals surface area contributed by atoms with E-state index in [1.165, 1.54) is 4.90 Å². The Labute approximate surface area is 117 Å². The first-order valence-corrected chi connectivity index (χ1v) is 7.00. The molecule has 1 amide bonds. The molecule has 2 aliphatic rings. The largest absolute Gasteiger partial charge is 0.352 e. The molecule has 0 bridgehead atoms. The fourth-order valence-corrected chi connectivity index (χ4v) is 3.14. The van der Waals surface area contributed by atoms with Crippen LogP contribution < -0.4 is 4.90 Å². The van der Waals surface area contributed by atoms with Crippen molar-refractivity contribution in [2.45, 2.75) is 31.4 Å². The van der Waals surface area contributed by atoms with Crippen molar-refractivity contribution in [3.05, 3.63) is 17.6 Å². The van der Waals surface area contributed by atoms with Gasteiger partial charge in [0, 0.05) is 38.3 Å². The van der Waals surface area contributed by atoms with E-state index in [-0.39, 0.29) is 13.0 Å². The molecule has 108 valence electrons. The smallest absolute Gasteiger partial charge is 0.261 e. The van der Waals surface area contributed by atoms with Gasteiger partial charge in [0.05, 0.1) is 6.54 Å². The molecule has 1 fully saturated rings. The molecule has 1 atom stereocenters. The number of alkyl halides is 1. The number of aromatic nitrogens is 2. The predicted molar refractivity (Wildman–Crippen MR) is 73.4 cm³/mol. The molecule has 6 heteroatoms. The average molecular weight is 278 g/mol. The van der Waals surface area contributed by atoms with E-state index in [9.17, 15) is 9.18 Å². The van der Waals surface area contributed by atoms with Gasteiger partial charge >= 0.3 is 0 Å². The summed E-state index contributed by atoms with van der Waals surface area (Å²) in [6.45, 7) is 0.618. The number of nitrogens with zero attached hydrogens (tertiary/aromatic N) is 4. The highest BCUT2D eigenvalue weighted by Crippen LogP contribution is 2.34. The maximum Gasteiger partial charge on any atom is 0.261 e. The first kappa shape index (κ1) is 13.3. The van der Waals surface area contributed by atoms with E-state index < -0.39 is 11.6 Å². The van der Waals surface area contributed by atoms with E-state index in [0.29, 0.717) is 6.54 Å². The molecule has 1 aromatic rings. The van der Waals surface area contributed by atoms with Crippen LogP contribution in [0.1, 0.15) is 24.1 Å². The molecule has 1 unspecified atom stereocenters. The zero-order valence-electron chi connectivity index (χ0n) is 11.9. The molecule has 0 aromatic carbocycles. The van der Waals surface area contributed by atoms with Gasteiger partial charge in [0.15, 0.2) is 0 Å². The number of amides is 1. The number of aryl methyl sites for hydroxylation is 1. The lowest BCUT2D eigenvalue weighted by Gasteiger charge is -2.24. The summed E-state index contributed by atoms with van der Waals surface area (Å²) in [4.78, 5) is 23.8. The number of fused-ring (bicyclic) bond motifs is 1. The summed E-state index contributed by atoms with van der Waals surface area (Å²) in [6.07, 6.45) is 4.76. The third kappa shape index (κ3) is 2.03. The Kier molecular flexibility index (Phi) is 3.11. The lowest BCUT2D eigenvalue weighted by Crippen LogP contribution is -2.44. The average Bonchev–Trinajstić information content (AvgIpc) is 3.04. The molecule has 0 saturated carbocycles. The second kappa shape index (κ2) is 4.68. The van der Waals surface area contributed by atoms with Crippen LogP contribution in [0.4, 0.5) is 10.2 Å². The van der Waals surface area contributed by atoms with Crippen LogP contribution in [-0.4, -0.2) is 53.6 Å². The van der Waals surface area contributed by atoms with Crippen molar-refractivity contribution in [1.82, 2.24) is 14.9 Å². The van der Waals surface area contributed by atoms with Crippen molar-refractivity contribution >= 4 is 11.7 Å². The van der Waals surface area contributed by atoms with Gasteiger partial charge in [-0.05, 0) is 19.3 Å². The summed E-state index contributed by atoms with van der Waals surface area (Å²) in [7, 11) is 3.18. The summed E-state index contributed by atoms with van der Waals surface area (Å²) in [6, 6.07) is 0. The number of anilines is 1. The van der Waals surface area contributed by atoms with Crippen molar-refractivity contribution in [2.75, 3.05) is 32.1 Å². The van der Waals surface area contributed by atoms with Gasteiger partial charge in [-0.15, -0.1) is 0 Å². The molecule has 0 spiro atoms. The van der Waals surface area contributed by atoms with Crippen molar-refractivity contribution in [3.63, 3.8) is 0 Å². The van der Waals surface area contributed by atoms with Crippen LogP contribution in [0.5, 0.6) is 0 Å². The molecule has 20 heavy (non-hydrogen) atoms. The molecule has 1 aromatic heterocycles. The highest BCUT2D eigenvalue weighted by molar-refractivity contribution is 5.86. The van der Waals surface area contributed by atoms with Gasteiger partial charge in [0.25, 0.3) is 5.91 Å². The van der Waals surface area contributed by atoms with Gasteiger partial charge in [0.2, 0.25) is 5.67 Å². The van der Waals surface area contributed by atoms with Crippen molar-refractivity contribution in [2.24, 2.45) is 0 Å². The summed E-state index contributed by atoms with van der Waals surface area (Å²) in [5.74, 6) is 0.365. The van der Waals surface area contributed by atoms with Crippen LogP contribution in [0.25, 0.3) is 0 Å². The molecule has 2 heterocycles. The number of halogens is 1. The number of hydrogen-bond acceptors (Lipinski definition) is 4. The Morgan fingerprint density at radius 1 is 1.40 bits per heavy atom. The summed E-state index contributed by atoms with van der Waals surface area (Å²) < 4.78 is 14.8. The van der Waals surface area contributed by atoms with Crippen molar-refractivity contribution in [3.8, 4) is 0 Å². The minimum absolute atomic E-state index is 0.0907. The molecule has 3 rings (SSSR count). The van der Waals surface area contributed by atoms with Crippen LogP contribution >= 0.6 is 0 Å². The highest BCUT2D eigenvalue weighted by atomic mass is 19.1. The predicted octanol–water partition coefficient (Wildman–Crippen LogP) is 0.972. The third-order valence-corrected chi connectivity index (χ3v) is 4.16. The van der Waals surface area contributed by atoms with Gasteiger partial charge in [-0.3, -0.25) is 4.79 Å². The maximum absolute atomic E-state index is 14.8. The molecule has 1 aliphatic carbocycles. The molecule has 0 radical (unpaired) electrons. The Morgan fingerprint density at radius 2 is 2.20 bits per heavy atom. The quantitative estimate of drug-likeness (QED) is 0.809. The lowest BCUT2D eigenvalue weighted by atomic mass is 10.0. The zero-order chi connectivity index (χ0) is 14.3. The minimum Gasteiger partial charge on any atom is -0.352 e. The molecule has 1 aliphatic heterocycles. The number of rotatable bonds is 2. The summed E-state index contributed by atoms with van der Waals surface area (Å²) >= 11 is 0. The Balaban J connectivity index is 1.85. The zero-order valence-corrected chi connectivity index (χ0v) is 11.9. The van der Waals surface area contributed by atoms with Crippen LogP contribution in [-0.2, 0) is 17.6 Å². The Hall–Kier alpha value is -1.72. The standard InChI is InChI=1S/C14H19FN4O/c1-18(2)13(20)14(15)6-7-19(8-14)12-10-4-3-5-11(10)16-9-17-12/h9H,3-8H2,1-2H3. The van der Waals surface area contributed by atoms with Gasteiger partial charge in [0.1, 0.15) is 12.1 Å². The summed E-state index contributed by atoms with van der Waals surface area (Å²) in [5.41, 5.74) is 0.416. The van der Waals surface area contributed by atoms with Crippen LogP contribution in [0.15, 0.2) is 6.33 Å². The summed E-state index contributed by atoms with van der Waals surface area (Å²) in [5, 5.41) is 0. The highest BCUT2D eigenvalue weighted by Gasteiger charge is 2.47. The van der Waals surface area contributed by atoms with Crippen LogP contribution in [0.3, 0.4) is 0 Å². The van der Waals surface area contributed by atoms with E-state index in [4.69, 9.17) is 0 Å². The van der Waals surface area contributed by atoms with Crippen LogP contribution in [0.2, 0.25) is 0 Å². The van der Waals surface area contributed by atoms with Gasteiger partial charge in [-0.2, -0.15) is 0 Å².